The highest BCUT2D eigenvalue weighted by Gasteiger charge is 2.14. The third-order valence-corrected chi connectivity index (χ3v) is 3.28. The minimum atomic E-state index is 0.626. The van der Waals surface area contributed by atoms with Gasteiger partial charge in [0, 0.05) is 11.1 Å². The van der Waals surface area contributed by atoms with Crippen LogP contribution >= 0.6 is 23.2 Å². The van der Waals surface area contributed by atoms with Crippen LogP contribution in [0.3, 0.4) is 0 Å². The lowest BCUT2D eigenvalue weighted by molar-refractivity contribution is 0.413. The summed E-state index contributed by atoms with van der Waals surface area (Å²) in [6, 6.07) is 11.4. The average Bonchev–Trinajstić information content (AvgIpc) is 2.29. The van der Waals surface area contributed by atoms with E-state index in [1.165, 1.54) is 0 Å². The van der Waals surface area contributed by atoms with Gasteiger partial charge >= 0.3 is 0 Å². The SMILES string of the molecule is COc1c(C)cccc1-c1c(Cl)cccc1Cl. The average molecular weight is 267 g/mol. The fraction of sp³-hybridized carbons (Fsp3) is 0.143. The quantitative estimate of drug-likeness (QED) is 0.745. The van der Waals surface area contributed by atoms with E-state index < -0.39 is 0 Å². The van der Waals surface area contributed by atoms with E-state index in [2.05, 4.69) is 0 Å². The van der Waals surface area contributed by atoms with E-state index in [1.54, 1.807) is 7.11 Å². The number of methoxy groups -OCH3 is 1. The van der Waals surface area contributed by atoms with Gasteiger partial charge in [-0.1, -0.05) is 47.5 Å². The molecule has 17 heavy (non-hydrogen) atoms. The topological polar surface area (TPSA) is 9.23 Å². The van der Waals surface area contributed by atoms with Crippen molar-refractivity contribution in [2.45, 2.75) is 6.92 Å². The Hall–Kier alpha value is -1.18. The lowest BCUT2D eigenvalue weighted by Crippen LogP contribution is -1.92. The maximum Gasteiger partial charge on any atom is 0.129 e. The summed E-state index contributed by atoms with van der Waals surface area (Å²) >= 11 is 12.4. The van der Waals surface area contributed by atoms with Crippen molar-refractivity contribution in [3.05, 3.63) is 52.0 Å². The highest BCUT2D eigenvalue weighted by Crippen LogP contribution is 2.40. The molecule has 2 aromatic carbocycles. The third-order valence-electron chi connectivity index (χ3n) is 2.65. The molecule has 0 atom stereocenters. The minimum absolute atomic E-state index is 0.626. The zero-order chi connectivity index (χ0) is 12.4. The monoisotopic (exact) mass is 266 g/mol. The number of para-hydroxylation sites is 1. The number of rotatable bonds is 2. The van der Waals surface area contributed by atoms with Crippen LogP contribution in [0.1, 0.15) is 5.56 Å². The molecule has 88 valence electrons. The maximum absolute atomic E-state index is 6.21. The molecule has 0 aliphatic heterocycles. The highest BCUT2D eigenvalue weighted by atomic mass is 35.5. The molecule has 0 bridgehead atoms. The highest BCUT2D eigenvalue weighted by molar-refractivity contribution is 6.39. The molecule has 0 aliphatic rings. The molecule has 0 fully saturated rings. The standard InChI is InChI=1S/C14H12Cl2O/c1-9-5-3-6-10(14(9)17-2)13-11(15)7-4-8-12(13)16/h3-8H,1-2H3. The Bertz CT molecular complexity index is 530. The molecule has 2 aromatic rings. The van der Waals surface area contributed by atoms with Crippen molar-refractivity contribution < 1.29 is 4.74 Å². The smallest absolute Gasteiger partial charge is 0.129 e. The van der Waals surface area contributed by atoms with Gasteiger partial charge in [0.25, 0.3) is 0 Å². The lowest BCUT2D eigenvalue weighted by Gasteiger charge is -2.13. The third kappa shape index (κ3) is 2.26. The number of hydrogen-bond donors (Lipinski definition) is 0. The first-order chi connectivity index (χ1) is 8.15. The molecule has 0 aliphatic carbocycles. The molecule has 0 spiro atoms. The molecule has 0 unspecified atom stereocenters. The van der Waals surface area contributed by atoms with Gasteiger partial charge in [-0.25, -0.2) is 0 Å². The van der Waals surface area contributed by atoms with Crippen molar-refractivity contribution in [1.82, 2.24) is 0 Å². The molecule has 0 radical (unpaired) electrons. The molecule has 0 aromatic heterocycles. The summed E-state index contributed by atoms with van der Waals surface area (Å²) in [5.41, 5.74) is 2.79. The summed E-state index contributed by atoms with van der Waals surface area (Å²) in [6.07, 6.45) is 0. The van der Waals surface area contributed by atoms with Crippen molar-refractivity contribution in [3.63, 3.8) is 0 Å². The Labute approximate surface area is 111 Å². The van der Waals surface area contributed by atoms with Crippen LogP contribution < -0.4 is 4.74 Å². The Kier molecular flexibility index (Phi) is 3.60. The molecule has 1 nitrogen and oxygen atoms in total. The van der Waals surface area contributed by atoms with Gasteiger partial charge in [-0.3, -0.25) is 0 Å². The zero-order valence-corrected chi connectivity index (χ0v) is 11.1. The van der Waals surface area contributed by atoms with Crippen LogP contribution in [0, 0.1) is 6.92 Å². The summed E-state index contributed by atoms with van der Waals surface area (Å²) < 4.78 is 5.42. The van der Waals surface area contributed by atoms with Crippen molar-refractivity contribution in [1.29, 1.82) is 0 Å². The first-order valence-corrected chi connectivity index (χ1v) is 5.98. The van der Waals surface area contributed by atoms with Crippen LogP contribution in [-0.4, -0.2) is 7.11 Å². The molecule has 2 rings (SSSR count). The Morgan fingerprint density at radius 2 is 1.53 bits per heavy atom. The second-order valence-electron chi connectivity index (χ2n) is 3.75. The molecule has 0 N–H and O–H groups in total. The molecule has 0 saturated carbocycles. The largest absolute Gasteiger partial charge is 0.496 e. The Balaban J connectivity index is 2.73. The van der Waals surface area contributed by atoms with Crippen LogP contribution in [0.25, 0.3) is 11.1 Å². The van der Waals surface area contributed by atoms with Gasteiger partial charge in [0.2, 0.25) is 0 Å². The predicted octanol–water partition coefficient (Wildman–Crippen LogP) is 4.98. The summed E-state index contributed by atoms with van der Waals surface area (Å²) in [6.45, 7) is 1.99. The molecule has 0 saturated heterocycles. The summed E-state index contributed by atoms with van der Waals surface area (Å²) in [5, 5.41) is 1.25. The van der Waals surface area contributed by atoms with Crippen molar-refractivity contribution in [2.24, 2.45) is 0 Å². The van der Waals surface area contributed by atoms with Gasteiger partial charge < -0.3 is 4.74 Å². The number of ether oxygens (including phenoxy) is 1. The van der Waals surface area contributed by atoms with Gasteiger partial charge in [-0.15, -0.1) is 0 Å². The first kappa shape index (κ1) is 12.3. The maximum atomic E-state index is 6.21. The second-order valence-corrected chi connectivity index (χ2v) is 4.57. The minimum Gasteiger partial charge on any atom is -0.496 e. The fourth-order valence-electron chi connectivity index (χ4n) is 1.88. The van der Waals surface area contributed by atoms with E-state index in [9.17, 15) is 0 Å². The number of hydrogen-bond acceptors (Lipinski definition) is 1. The van der Waals surface area contributed by atoms with E-state index in [-0.39, 0.29) is 0 Å². The zero-order valence-electron chi connectivity index (χ0n) is 9.63. The summed E-state index contributed by atoms with van der Waals surface area (Å²) in [4.78, 5) is 0. The molecule has 3 heteroatoms. The number of benzene rings is 2. The molecule has 0 amide bonds. The van der Waals surface area contributed by atoms with Crippen LogP contribution in [0.2, 0.25) is 10.0 Å². The van der Waals surface area contributed by atoms with E-state index in [0.717, 1.165) is 22.4 Å². The van der Waals surface area contributed by atoms with E-state index >= 15 is 0 Å². The Morgan fingerprint density at radius 3 is 2.12 bits per heavy atom. The summed E-state index contributed by atoms with van der Waals surface area (Å²) in [5.74, 6) is 0.808. The van der Waals surface area contributed by atoms with E-state index in [4.69, 9.17) is 27.9 Å². The fourth-order valence-corrected chi connectivity index (χ4v) is 2.48. The first-order valence-electron chi connectivity index (χ1n) is 5.23. The van der Waals surface area contributed by atoms with Crippen LogP contribution in [0.4, 0.5) is 0 Å². The second kappa shape index (κ2) is 4.99. The van der Waals surface area contributed by atoms with Gasteiger partial charge in [0.1, 0.15) is 5.75 Å². The van der Waals surface area contributed by atoms with E-state index in [0.29, 0.717) is 10.0 Å². The Morgan fingerprint density at radius 1 is 0.941 bits per heavy atom. The van der Waals surface area contributed by atoms with Crippen molar-refractivity contribution in [2.75, 3.05) is 7.11 Å². The molecular formula is C14H12Cl2O. The predicted molar refractivity (Wildman–Crippen MR) is 73.2 cm³/mol. The van der Waals surface area contributed by atoms with Crippen LogP contribution in [-0.2, 0) is 0 Å². The number of aryl methyl sites for hydroxylation is 1. The van der Waals surface area contributed by atoms with Gasteiger partial charge in [0.15, 0.2) is 0 Å². The molecule has 0 heterocycles. The van der Waals surface area contributed by atoms with Gasteiger partial charge in [-0.2, -0.15) is 0 Å². The normalized spacial score (nSPS) is 10.4. The van der Waals surface area contributed by atoms with Gasteiger partial charge in [0.05, 0.1) is 17.2 Å². The molecular weight excluding hydrogens is 255 g/mol. The van der Waals surface area contributed by atoms with Crippen LogP contribution in [0.5, 0.6) is 5.75 Å². The van der Waals surface area contributed by atoms with Crippen molar-refractivity contribution >= 4 is 23.2 Å². The summed E-state index contributed by atoms with van der Waals surface area (Å²) in [7, 11) is 1.65. The number of halogens is 2. The van der Waals surface area contributed by atoms with E-state index in [1.807, 2.05) is 43.3 Å². The lowest BCUT2D eigenvalue weighted by atomic mass is 10.0. The van der Waals surface area contributed by atoms with Gasteiger partial charge in [-0.05, 0) is 24.6 Å². The van der Waals surface area contributed by atoms with Crippen LogP contribution in [0.15, 0.2) is 36.4 Å². The van der Waals surface area contributed by atoms with Crippen molar-refractivity contribution in [3.8, 4) is 16.9 Å².